The van der Waals surface area contributed by atoms with E-state index < -0.39 is 0 Å². The maximum Gasteiger partial charge on any atom is 0.274 e. The highest BCUT2D eigenvalue weighted by atomic mass is 32.1. The van der Waals surface area contributed by atoms with Gasteiger partial charge in [0.25, 0.3) is 5.56 Å². The van der Waals surface area contributed by atoms with Crippen molar-refractivity contribution in [2.45, 2.75) is 12.8 Å². The van der Waals surface area contributed by atoms with Crippen LogP contribution in [0.4, 0.5) is 0 Å². The SMILES string of the molecule is O=c1cc(-c2ccccc2)n2c(n1)sc1cccc(C3=CC=CCC3)c12. The van der Waals surface area contributed by atoms with Gasteiger partial charge in [-0.2, -0.15) is 4.98 Å². The average Bonchev–Trinajstić information content (AvgIpc) is 3.07. The van der Waals surface area contributed by atoms with E-state index in [1.807, 2.05) is 30.3 Å². The lowest BCUT2D eigenvalue weighted by Gasteiger charge is -2.13. The van der Waals surface area contributed by atoms with E-state index in [4.69, 9.17) is 0 Å². The van der Waals surface area contributed by atoms with Crippen LogP contribution in [0.1, 0.15) is 18.4 Å². The van der Waals surface area contributed by atoms with E-state index in [9.17, 15) is 4.79 Å². The number of allylic oxidation sites excluding steroid dienone is 4. The molecule has 0 radical (unpaired) electrons. The first-order chi connectivity index (χ1) is 12.8. The Labute approximate surface area is 154 Å². The van der Waals surface area contributed by atoms with Crippen molar-refractivity contribution in [3.63, 3.8) is 0 Å². The van der Waals surface area contributed by atoms with Crippen LogP contribution in [-0.4, -0.2) is 9.38 Å². The molecule has 26 heavy (non-hydrogen) atoms. The number of hydrogen-bond donors (Lipinski definition) is 0. The van der Waals surface area contributed by atoms with Crippen LogP contribution in [0.15, 0.2) is 77.6 Å². The van der Waals surface area contributed by atoms with Crippen molar-refractivity contribution in [3.8, 4) is 11.3 Å². The highest BCUT2D eigenvalue weighted by molar-refractivity contribution is 7.23. The van der Waals surface area contributed by atoms with E-state index in [2.05, 4.69) is 45.8 Å². The highest BCUT2D eigenvalue weighted by Crippen LogP contribution is 2.36. The van der Waals surface area contributed by atoms with Crippen molar-refractivity contribution in [1.82, 2.24) is 9.38 Å². The van der Waals surface area contributed by atoms with Crippen molar-refractivity contribution in [2.75, 3.05) is 0 Å². The van der Waals surface area contributed by atoms with Crippen LogP contribution < -0.4 is 5.56 Å². The number of fused-ring (bicyclic) bond motifs is 3. The standard InChI is InChI=1S/C22H16N2OS/c25-20-14-18(16-10-5-2-6-11-16)24-21-17(15-8-3-1-4-9-15)12-7-13-19(21)26-22(24)23-20/h1-3,5-8,10-14H,4,9H2. The average molecular weight is 356 g/mol. The Morgan fingerprint density at radius 3 is 2.73 bits per heavy atom. The summed E-state index contributed by atoms with van der Waals surface area (Å²) in [7, 11) is 0. The van der Waals surface area contributed by atoms with Crippen LogP contribution in [0.3, 0.4) is 0 Å². The smallest absolute Gasteiger partial charge is 0.274 e. The van der Waals surface area contributed by atoms with Crippen molar-refractivity contribution in [1.29, 1.82) is 0 Å². The van der Waals surface area contributed by atoms with Gasteiger partial charge in [0.05, 0.1) is 15.9 Å². The van der Waals surface area contributed by atoms with Crippen molar-refractivity contribution in [2.24, 2.45) is 0 Å². The summed E-state index contributed by atoms with van der Waals surface area (Å²) >= 11 is 1.57. The first-order valence-corrected chi connectivity index (χ1v) is 9.50. The monoisotopic (exact) mass is 356 g/mol. The van der Waals surface area contributed by atoms with Crippen LogP contribution in [0, 0.1) is 0 Å². The van der Waals surface area contributed by atoms with Gasteiger partial charge in [0, 0.05) is 11.6 Å². The van der Waals surface area contributed by atoms with Gasteiger partial charge in [0.2, 0.25) is 0 Å². The Morgan fingerprint density at radius 2 is 1.92 bits per heavy atom. The van der Waals surface area contributed by atoms with Gasteiger partial charge in [0.1, 0.15) is 0 Å². The van der Waals surface area contributed by atoms with Gasteiger partial charge in [-0.15, -0.1) is 0 Å². The summed E-state index contributed by atoms with van der Waals surface area (Å²) in [4.78, 5) is 17.2. The summed E-state index contributed by atoms with van der Waals surface area (Å²) < 4.78 is 3.29. The number of benzene rings is 2. The predicted molar refractivity (Wildman–Crippen MR) is 109 cm³/mol. The van der Waals surface area contributed by atoms with Crippen LogP contribution in [-0.2, 0) is 0 Å². The minimum Gasteiger partial charge on any atom is -0.283 e. The molecule has 2 heterocycles. The molecule has 126 valence electrons. The lowest BCUT2D eigenvalue weighted by atomic mass is 9.96. The Bertz CT molecular complexity index is 1250. The van der Waals surface area contributed by atoms with Crippen LogP contribution in [0.5, 0.6) is 0 Å². The fourth-order valence-electron chi connectivity index (χ4n) is 3.59. The maximum atomic E-state index is 12.2. The Balaban J connectivity index is 1.93. The number of hydrogen-bond acceptors (Lipinski definition) is 3. The number of rotatable bonds is 2. The minimum absolute atomic E-state index is 0.197. The van der Waals surface area contributed by atoms with Gasteiger partial charge in [0.15, 0.2) is 4.96 Å². The summed E-state index contributed by atoms with van der Waals surface area (Å²) in [5.74, 6) is 0. The molecule has 0 atom stereocenters. The molecule has 1 aliphatic rings. The van der Waals surface area contributed by atoms with E-state index in [0.29, 0.717) is 0 Å². The Morgan fingerprint density at radius 1 is 1.04 bits per heavy atom. The van der Waals surface area contributed by atoms with Crippen molar-refractivity contribution >= 4 is 32.1 Å². The summed E-state index contributed by atoms with van der Waals surface area (Å²) in [6.45, 7) is 0. The first kappa shape index (κ1) is 15.3. The highest BCUT2D eigenvalue weighted by Gasteiger charge is 2.16. The molecule has 0 spiro atoms. The zero-order valence-corrected chi connectivity index (χ0v) is 14.9. The number of nitrogens with zero attached hydrogens (tertiary/aromatic N) is 2. The molecule has 2 aromatic heterocycles. The minimum atomic E-state index is -0.197. The van der Waals surface area contributed by atoms with Crippen LogP contribution in [0.2, 0.25) is 0 Å². The largest absolute Gasteiger partial charge is 0.283 e. The summed E-state index contributed by atoms with van der Waals surface area (Å²) in [5.41, 5.74) is 5.41. The lowest BCUT2D eigenvalue weighted by molar-refractivity contribution is 1.05. The number of para-hydroxylation sites is 1. The van der Waals surface area contributed by atoms with Gasteiger partial charge in [-0.1, -0.05) is 72.0 Å². The van der Waals surface area contributed by atoms with E-state index in [1.165, 1.54) is 11.1 Å². The van der Waals surface area contributed by atoms with E-state index >= 15 is 0 Å². The molecule has 0 amide bonds. The molecule has 0 bridgehead atoms. The second-order valence-corrected chi connectivity index (χ2v) is 7.39. The van der Waals surface area contributed by atoms with E-state index in [0.717, 1.165) is 39.3 Å². The third-order valence-corrected chi connectivity index (χ3v) is 5.76. The third kappa shape index (κ3) is 2.42. The van der Waals surface area contributed by atoms with Gasteiger partial charge >= 0.3 is 0 Å². The summed E-state index contributed by atoms with van der Waals surface area (Å²) in [5, 5.41) is 0. The maximum absolute atomic E-state index is 12.2. The van der Waals surface area contributed by atoms with Gasteiger partial charge in [-0.05, 0) is 30.0 Å². The normalized spacial score (nSPS) is 14.1. The number of thiazole rings is 1. The van der Waals surface area contributed by atoms with Gasteiger partial charge in [-0.25, -0.2) is 0 Å². The van der Waals surface area contributed by atoms with Crippen molar-refractivity contribution < 1.29 is 0 Å². The second-order valence-electron chi connectivity index (χ2n) is 6.38. The zero-order valence-electron chi connectivity index (χ0n) is 14.1. The van der Waals surface area contributed by atoms with Crippen LogP contribution in [0.25, 0.3) is 32.0 Å². The topological polar surface area (TPSA) is 34.4 Å². The molecule has 0 saturated carbocycles. The molecule has 5 rings (SSSR count). The molecule has 1 aliphatic carbocycles. The van der Waals surface area contributed by atoms with Gasteiger partial charge in [-0.3, -0.25) is 9.20 Å². The van der Waals surface area contributed by atoms with Crippen LogP contribution >= 0.6 is 11.3 Å². The Hall–Kier alpha value is -2.98. The molecule has 4 heteroatoms. The molecule has 0 aliphatic heterocycles. The molecular weight excluding hydrogens is 340 g/mol. The predicted octanol–water partition coefficient (Wildman–Crippen LogP) is 5.31. The molecule has 0 fully saturated rings. The molecule has 4 aromatic rings. The second kappa shape index (κ2) is 6.07. The van der Waals surface area contributed by atoms with E-state index in [1.54, 1.807) is 17.4 Å². The molecule has 0 N–H and O–H groups in total. The van der Waals surface area contributed by atoms with Crippen molar-refractivity contribution in [3.05, 3.63) is 88.7 Å². The molecular formula is C22H16N2OS. The summed E-state index contributed by atoms with van der Waals surface area (Å²) in [6.07, 6.45) is 8.61. The number of aromatic nitrogens is 2. The van der Waals surface area contributed by atoms with Gasteiger partial charge < -0.3 is 0 Å². The zero-order chi connectivity index (χ0) is 17.5. The van der Waals surface area contributed by atoms with E-state index in [-0.39, 0.29) is 5.56 Å². The summed E-state index contributed by atoms with van der Waals surface area (Å²) in [6, 6.07) is 18.1. The third-order valence-electron chi connectivity index (χ3n) is 4.75. The Kier molecular flexibility index (Phi) is 3.57. The lowest BCUT2D eigenvalue weighted by Crippen LogP contribution is -2.08. The fourth-order valence-corrected chi connectivity index (χ4v) is 4.64. The molecule has 2 aromatic carbocycles. The first-order valence-electron chi connectivity index (χ1n) is 8.68. The molecule has 3 nitrogen and oxygen atoms in total. The molecule has 0 unspecified atom stereocenters. The fraction of sp³-hybridized carbons (Fsp3) is 0.0909. The quantitative estimate of drug-likeness (QED) is 0.488. The molecule has 0 saturated heterocycles.